The van der Waals surface area contributed by atoms with Gasteiger partial charge in [0.15, 0.2) is 0 Å². The van der Waals surface area contributed by atoms with Crippen LogP contribution in [-0.2, 0) is 0 Å². The Bertz CT molecular complexity index is 672. The number of ether oxygens (including phenoxy) is 1. The maximum absolute atomic E-state index is 8.26. The van der Waals surface area contributed by atoms with Gasteiger partial charge >= 0.3 is 0 Å². The summed E-state index contributed by atoms with van der Waals surface area (Å²) in [4.78, 5) is 0. The van der Waals surface area contributed by atoms with Crippen LogP contribution in [0.2, 0.25) is 0 Å². The molecule has 2 fully saturated rings. The maximum atomic E-state index is 8.26. The highest BCUT2D eigenvalue weighted by Gasteiger charge is 2.31. The van der Waals surface area contributed by atoms with Crippen LogP contribution in [0.5, 0.6) is 5.75 Å². The molecule has 0 bridgehead atoms. The molecule has 0 aromatic carbocycles. The molecule has 1 aromatic rings. The summed E-state index contributed by atoms with van der Waals surface area (Å²) < 4.78 is 12.0. The first-order valence-electron chi connectivity index (χ1n) is 8.83. The van der Waals surface area contributed by atoms with E-state index in [-0.39, 0.29) is 5.41 Å². The van der Waals surface area contributed by atoms with Crippen molar-refractivity contribution < 1.29 is 4.74 Å². The van der Waals surface area contributed by atoms with E-state index in [1.807, 2.05) is 18.5 Å². The van der Waals surface area contributed by atoms with Gasteiger partial charge in [0.25, 0.3) is 0 Å². The molecule has 0 radical (unpaired) electrons. The molecule has 0 aliphatic heterocycles. The van der Waals surface area contributed by atoms with Gasteiger partial charge in [0.2, 0.25) is 5.96 Å². The van der Waals surface area contributed by atoms with Crippen LogP contribution in [0, 0.1) is 10.8 Å². The fourth-order valence-corrected chi connectivity index (χ4v) is 3.78. The summed E-state index contributed by atoms with van der Waals surface area (Å²) in [5, 5.41) is 8.26. The van der Waals surface area contributed by atoms with Crippen LogP contribution in [-0.4, -0.2) is 23.4 Å². The Balaban J connectivity index is 1.83. The van der Waals surface area contributed by atoms with Crippen LogP contribution in [0.15, 0.2) is 16.7 Å². The minimum atomic E-state index is 0.270. The molecule has 2 saturated carbocycles. The third-order valence-electron chi connectivity index (χ3n) is 5.17. The zero-order valence-corrected chi connectivity index (χ0v) is 15.5. The monoisotopic (exact) mass is 348 g/mol. The van der Waals surface area contributed by atoms with Gasteiger partial charge in [-0.3, -0.25) is 9.98 Å². The van der Waals surface area contributed by atoms with Crippen molar-refractivity contribution in [3.8, 4) is 5.75 Å². The van der Waals surface area contributed by atoms with E-state index in [4.69, 9.17) is 15.9 Å². The predicted octanol–water partition coefficient (Wildman–Crippen LogP) is 3.63. The molecule has 0 amide bonds. The Labute approximate surface area is 148 Å². The zero-order valence-electron chi connectivity index (χ0n) is 14.7. The van der Waals surface area contributed by atoms with E-state index < -0.39 is 0 Å². The van der Waals surface area contributed by atoms with Gasteiger partial charge in [-0.2, -0.15) is 4.40 Å². The van der Waals surface area contributed by atoms with Crippen molar-refractivity contribution in [2.24, 2.45) is 15.5 Å². The minimum absolute atomic E-state index is 0.270. The standard InChI is InChI=1S/C18H28N4OS/c1-18(8-4-3-5-9-18)12-23-15-10-16(19)22(17(20)21-24-2)11-14(15)13-6-7-13/h10-11,13,19H,3-9,12H2,1-2H3,(H2,20,21). The van der Waals surface area contributed by atoms with Crippen LogP contribution in [0.3, 0.4) is 0 Å². The molecule has 0 spiro atoms. The number of pyridine rings is 1. The summed E-state index contributed by atoms with van der Waals surface area (Å²) in [6.45, 7) is 3.07. The summed E-state index contributed by atoms with van der Waals surface area (Å²) in [5.41, 5.74) is 7.75. The maximum Gasteiger partial charge on any atom is 0.212 e. The average molecular weight is 349 g/mol. The number of nitrogens with one attached hydrogen (secondary N) is 1. The second-order valence-corrected chi connectivity index (χ2v) is 7.96. The molecule has 1 heterocycles. The molecule has 5 nitrogen and oxygen atoms in total. The molecule has 2 aliphatic rings. The Kier molecular flexibility index (Phi) is 5.23. The first kappa shape index (κ1) is 17.4. The highest BCUT2D eigenvalue weighted by molar-refractivity contribution is 7.97. The van der Waals surface area contributed by atoms with Gasteiger partial charge in [-0.25, -0.2) is 0 Å². The molecule has 3 N–H and O–H groups in total. The summed E-state index contributed by atoms with van der Waals surface area (Å²) >= 11 is 1.30. The predicted molar refractivity (Wildman–Crippen MR) is 99.5 cm³/mol. The quantitative estimate of drug-likeness (QED) is 0.484. The molecule has 0 saturated heterocycles. The highest BCUT2D eigenvalue weighted by atomic mass is 32.2. The van der Waals surface area contributed by atoms with Gasteiger partial charge in [0.1, 0.15) is 11.2 Å². The largest absolute Gasteiger partial charge is 0.493 e. The number of aromatic nitrogens is 1. The molecular weight excluding hydrogens is 320 g/mol. The van der Waals surface area contributed by atoms with Crippen LogP contribution >= 0.6 is 11.9 Å². The average Bonchev–Trinajstić information content (AvgIpc) is 3.39. The Hall–Kier alpha value is -1.43. The number of nitrogens with two attached hydrogens (primary N) is 1. The second-order valence-electron chi connectivity index (χ2n) is 7.41. The van der Waals surface area contributed by atoms with Gasteiger partial charge < -0.3 is 10.5 Å². The van der Waals surface area contributed by atoms with E-state index in [0.717, 1.165) is 12.4 Å². The SMILES string of the molecule is CS/N=C(\N)n1cc(C2CC2)c(OCC2(C)CCCCC2)cc1=N. The highest BCUT2D eigenvalue weighted by Crippen LogP contribution is 2.44. The Morgan fingerprint density at radius 2 is 2.12 bits per heavy atom. The van der Waals surface area contributed by atoms with E-state index in [2.05, 4.69) is 11.3 Å². The second kappa shape index (κ2) is 7.21. The molecule has 24 heavy (non-hydrogen) atoms. The summed E-state index contributed by atoms with van der Waals surface area (Å²) in [6.07, 6.45) is 12.6. The van der Waals surface area contributed by atoms with E-state index in [0.29, 0.717) is 17.4 Å². The van der Waals surface area contributed by atoms with Gasteiger partial charge in [-0.15, -0.1) is 0 Å². The van der Waals surface area contributed by atoms with Crippen LogP contribution in [0.1, 0.15) is 63.4 Å². The fourth-order valence-electron chi connectivity index (χ4n) is 3.50. The number of hydrogen-bond acceptors (Lipinski definition) is 4. The summed E-state index contributed by atoms with van der Waals surface area (Å²) in [5.74, 6) is 1.75. The van der Waals surface area contributed by atoms with Crippen LogP contribution in [0.25, 0.3) is 0 Å². The summed E-state index contributed by atoms with van der Waals surface area (Å²) in [6, 6.07) is 1.81. The van der Waals surface area contributed by atoms with Crippen molar-refractivity contribution in [2.75, 3.05) is 12.9 Å². The molecule has 3 rings (SSSR count). The number of hydrogen-bond donors (Lipinski definition) is 2. The third kappa shape index (κ3) is 3.97. The first-order chi connectivity index (χ1) is 11.5. The molecular formula is C18H28N4OS. The number of nitrogens with zero attached hydrogens (tertiary/aromatic N) is 2. The lowest BCUT2D eigenvalue weighted by Crippen LogP contribution is -2.33. The fraction of sp³-hybridized carbons (Fsp3) is 0.667. The Morgan fingerprint density at radius 3 is 2.75 bits per heavy atom. The zero-order chi connectivity index (χ0) is 17.2. The molecule has 0 unspecified atom stereocenters. The lowest BCUT2D eigenvalue weighted by atomic mass is 9.76. The smallest absolute Gasteiger partial charge is 0.212 e. The van der Waals surface area contributed by atoms with E-state index in [9.17, 15) is 0 Å². The van der Waals surface area contributed by atoms with E-state index in [1.165, 1.54) is 62.5 Å². The lowest BCUT2D eigenvalue weighted by molar-refractivity contribution is 0.115. The van der Waals surface area contributed by atoms with E-state index >= 15 is 0 Å². The Morgan fingerprint density at radius 1 is 1.42 bits per heavy atom. The summed E-state index contributed by atoms with van der Waals surface area (Å²) in [7, 11) is 0. The van der Waals surface area contributed by atoms with Crippen molar-refractivity contribution in [3.63, 3.8) is 0 Å². The molecule has 1 aromatic heterocycles. The van der Waals surface area contributed by atoms with Crippen LogP contribution in [0.4, 0.5) is 0 Å². The van der Waals surface area contributed by atoms with Crippen molar-refractivity contribution in [3.05, 3.63) is 23.3 Å². The first-order valence-corrected chi connectivity index (χ1v) is 10.0. The molecule has 0 atom stereocenters. The molecule has 2 aliphatic carbocycles. The topological polar surface area (TPSA) is 76.4 Å². The van der Waals surface area contributed by atoms with Crippen molar-refractivity contribution in [1.29, 1.82) is 5.41 Å². The third-order valence-corrected chi connectivity index (χ3v) is 5.54. The van der Waals surface area contributed by atoms with Crippen molar-refractivity contribution >= 4 is 17.9 Å². The molecule has 6 heteroatoms. The molecule has 132 valence electrons. The van der Waals surface area contributed by atoms with Crippen molar-refractivity contribution in [1.82, 2.24) is 4.57 Å². The lowest BCUT2D eigenvalue weighted by Gasteiger charge is -2.33. The van der Waals surface area contributed by atoms with Gasteiger partial charge in [-0.1, -0.05) is 26.2 Å². The van der Waals surface area contributed by atoms with Crippen LogP contribution < -0.4 is 16.0 Å². The van der Waals surface area contributed by atoms with Gasteiger partial charge in [0, 0.05) is 29.5 Å². The van der Waals surface area contributed by atoms with Crippen molar-refractivity contribution in [2.45, 2.75) is 57.8 Å². The van der Waals surface area contributed by atoms with E-state index in [1.54, 1.807) is 4.57 Å². The normalized spacial score (nSPS) is 20.8. The van der Waals surface area contributed by atoms with Gasteiger partial charge in [0.05, 0.1) is 6.61 Å². The minimum Gasteiger partial charge on any atom is -0.493 e. The number of rotatable bonds is 5. The van der Waals surface area contributed by atoms with Gasteiger partial charge in [-0.05, 0) is 43.5 Å².